The molecule has 19 heavy (non-hydrogen) atoms. The Morgan fingerprint density at radius 2 is 2.26 bits per heavy atom. The minimum absolute atomic E-state index is 0.111. The van der Waals surface area contributed by atoms with Crippen molar-refractivity contribution in [2.75, 3.05) is 6.54 Å². The SMILES string of the molecule is CCC[C@@H](NC(=O)NCC(C)c1nccs1)C(=O)O. The topological polar surface area (TPSA) is 91.3 Å². The lowest BCUT2D eigenvalue weighted by molar-refractivity contribution is -0.139. The summed E-state index contributed by atoms with van der Waals surface area (Å²) >= 11 is 1.53. The highest BCUT2D eigenvalue weighted by molar-refractivity contribution is 7.09. The molecule has 6 nitrogen and oxygen atoms in total. The summed E-state index contributed by atoms with van der Waals surface area (Å²) in [6.07, 6.45) is 2.84. The van der Waals surface area contributed by atoms with E-state index < -0.39 is 18.0 Å². The quantitative estimate of drug-likeness (QED) is 0.712. The van der Waals surface area contributed by atoms with Gasteiger partial charge in [0.25, 0.3) is 0 Å². The van der Waals surface area contributed by atoms with Gasteiger partial charge < -0.3 is 15.7 Å². The minimum Gasteiger partial charge on any atom is -0.480 e. The molecule has 1 aromatic rings. The number of hydrogen-bond donors (Lipinski definition) is 3. The molecule has 0 saturated heterocycles. The van der Waals surface area contributed by atoms with Gasteiger partial charge in [0.05, 0.1) is 5.01 Å². The molecule has 1 unspecified atom stereocenters. The van der Waals surface area contributed by atoms with Crippen molar-refractivity contribution in [3.63, 3.8) is 0 Å². The number of carbonyl (C=O) groups excluding carboxylic acids is 1. The van der Waals surface area contributed by atoms with Crippen LogP contribution in [0.5, 0.6) is 0 Å². The normalized spacial score (nSPS) is 13.6. The van der Waals surface area contributed by atoms with E-state index in [-0.39, 0.29) is 5.92 Å². The van der Waals surface area contributed by atoms with E-state index in [2.05, 4.69) is 15.6 Å². The molecule has 0 aliphatic rings. The van der Waals surface area contributed by atoms with Crippen LogP contribution >= 0.6 is 11.3 Å². The molecular formula is C12H19N3O3S. The molecule has 1 rings (SSSR count). The highest BCUT2D eigenvalue weighted by Gasteiger charge is 2.19. The second-order valence-electron chi connectivity index (χ2n) is 4.31. The summed E-state index contributed by atoms with van der Waals surface area (Å²) in [5, 5.41) is 16.9. The van der Waals surface area contributed by atoms with Crippen LogP contribution in [0.1, 0.15) is 37.6 Å². The number of aromatic nitrogens is 1. The van der Waals surface area contributed by atoms with Gasteiger partial charge in [-0.1, -0.05) is 20.3 Å². The van der Waals surface area contributed by atoms with Crippen molar-refractivity contribution in [1.29, 1.82) is 0 Å². The van der Waals surface area contributed by atoms with E-state index in [4.69, 9.17) is 5.11 Å². The van der Waals surface area contributed by atoms with Crippen molar-refractivity contribution in [1.82, 2.24) is 15.6 Å². The van der Waals surface area contributed by atoms with E-state index in [1.807, 2.05) is 19.2 Å². The number of thiazole rings is 1. The van der Waals surface area contributed by atoms with Gasteiger partial charge in [-0.3, -0.25) is 0 Å². The van der Waals surface area contributed by atoms with Gasteiger partial charge in [0.2, 0.25) is 0 Å². The molecule has 2 amide bonds. The number of amides is 2. The van der Waals surface area contributed by atoms with Crippen LogP contribution in [0.4, 0.5) is 4.79 Å². The monoisotopic (exact) mass is 285 g/mol. The average molecular weight is 285 g/mol. The molecule has 3 N–H and O–H groups in total. The summed E-state index contributed by atoms with van der Waals surface area (Å²) in [6, 6.07) is -1.29. The van der Waals surface area contributed by atoms with Crippen molar-refractivity contribution in [3.8, 4) is 0 Å². The number of nitrogens with one attached hydrogen (secondary N) is 2. The van der Waals surface area contributed by atoms with Crippen LogP contribution in [-0.2, 0) is 4.79 Å². The van der Waals surface area contributed by atoms with E-state index in [0.717, 1.165) is 5.01 Å². The predicted octanol–water partition coefficient (Wildman–Crippen LogP) is 1.80. The standard InChI is InChI=1S/C12H19N3O3S/c1-3-4-9(11(16)17)15-12(18)14-7-8(2)10-13-5-6-19-10/h5-6,8-9H,3-4,7H2,1-2H3,(H,16,17)(H2,14,15,18)/t8?,9-/m1/s1. The van der Waals surface area contributed by atoms with Crippen molar-refractivity contribution in [3.05, 3.63) is 16.6 Å². The zero-order chi connectivity index (χ0) is 14.3. The molecule has 1 aromatic heterocycles. The first-order valence-corrected chi connectivity index (χ1v) is 7.09. The van der Waals surface area contributed by atoms with E-state index in [0.29, 0.717) is 19.4 Å². The van der Waals surface area contributed by atoms with Crippen molar-refractivity contribution in [2.24, 2.45) is 0 Å². The summed E-state index contributed by atoms with van der Waals surface area (Å²) < 4.78 is 0. The third-order valence-electron chi connectivity index (χ3n) is 2.62. The highest BCUT2D eigenvalue weighted by Crippen LogP contribution is 2.16. The van der Waals surface area contributed by atoms with Gasteiger partial charge in [0.15, 0.2) is 0 Å². The molecule has 0 aromatic carbocycles. The highest BCUT2D eigenvalue weighted by atomic mass is 32.1. The Kier molecular flexibility index (Phi) is 6.27. The molecule has 2 atom stereocenters. The van der Waals surface area contributed by atoms with Crippen LogP contribution in [0.25, 0.3) is 0 Å². The second kappa shape index (κ2) is 7.73. The first-order valence-electron chi connectivity index (χ1n) is 6.21. The first kappa shape index (κ1) is 15.4. The van der Waals surface area contributed by atoms with Gasteiger partial charge in [-0.15, -0.1) is 11.3 Å². The molecule has 0 radical (unpaired) electrons. The van der Waals surface area contributed by atoms with E-state index in [1.165, 1.54) is 11.3 Å². The molecule has 0 bridgehead atoms. The fraction of sp³-hybridized carbons (Fsp3) is 0.583. The van der Waals surface area contributed by atoms with E-state index in [9.17, 15) is 9.59 Å². The van der Waals surface area contributed by atoms with Crippen molar-refractivity contribution >= 4 is 23.3 Å². The number of rotatable bonds is 7. The van der Waals surface area contributed by atoms with Crippen LogP contribution in [0.3, 0.4) is 0 Å². The number of hydrogen-bond acceptors (Lipinski definition) is 4. The van der Waals surface area contributed by atoms with E-state index in [1.54, 1.807) is 6.20 Å². The summed E-state index contributed by atoms with van der Waals surface area (Å²) in [5.41, 5.74) is 0. The molecule has 0 fully saturated rings. The zero-order valence-corrected chi connectivity index (χ0v) is 11.9. The number of nitrogens with zero attached hydrogens (tertiary/aromatic N) is 1. The predicted molar refractivity (Wildman–Crippen MR) is 73.4 cm³/mol. The lowest BCUT2D eigenvalue weighted by Crippen LogP contribution is -2.46. The van der Waals surface area contributed by atoms with Gasteiger partial charge in [0.1, 0.15) is 6.04 Å². The maximum atomic E-state index is 11.6. The Hall–Kier alpha value is -1.63. The summed E-state index contributed by atoms with van der Waals surface area (Å²) in [5.74, 6) is -0.898. The number of aliphatic carboxylic acids is 1. The lowest BCUT2D eigenvalue weighted by atomic mass is 10.2. The lowest BCUT2D eigenvalue weighted by Gasteiger charge is -2.15. The molecule has 0 saturated carbocycles. The zero-order valence-electron chi connectivity index (χ0n) is 11.0. The molecule has 0 spiro atoms. The number of carbonyl (C=O) groups is 2. The Morgan fingerprint density at radius 1 is 1.53 bits per heavy atom. The molecule has 0 aliphatic heterocycles. The fourth-order valence-electron chi connectivity index (χ4n) is 1.57. The van der Waals surface area contributed by atoms with Gasteiger partial charge in [0, 0.05) is 24.0 Å². The second-order valence-corrected chi connectivity index (χ2v) is 5.23. The van der Waals surface area contributed by atoms with Crippen molar-refractivity contribution < 1.29 is 14.7 Å². The summed E-state index contributed by atoms with van der Waals surface area (Å²) in [6.45, 7) is 4.26. The summed E-state index contributed by atoms with van der Waals surface area (Å²) in [4.78, 5) is 26.7. The smallest absolute Gasteiger partial charge is 0.326 e. The van der Waals surface area contributed by atoms with Crippen LogP contribution < -0.4 is 10.6 Å². The van der Waals surface area contributed by atoms with Crippen LogP contribution in [0.2, 0.25) is 0 Å². The van der Waals surface area contributed by atoms with Crippen LogP contribution in [0, 0.1) is 0 Å². The van der Waals surface area contributed by atoms with Gasteiger partial charge >= 0.3 is 12.0 Å². The summed E-state index contributed by atoms with van der Waals surface area (Å²) in [7, 11) is 0. The van der Waals surface area contributed by atoms with Crippen LogP contribution in [0.15, 0.2) is 11.6 Å². The van der Waals surface area contributed by atoms with E-state index >= 15 is 0 Å². The Balaban J connectivity index is 2.36. The maximum absolute atomic E-state index is 11.6. The first-order chi connectivity index (χ1) is 9.04. The number of carboxylic acid groups (broad SMARTS) is 1. The largest absolute Gasteiger partial charge is 0.480 e. The van der Waals surface area contributed by atoms with Gasteiger partial charge in [-0.2, -0.15) is 0 Å². The third kappa shape index (κ3) is 5.25. The number of urea groups is 1. The van der Waals surface area contributed by atoms with Crippen molar-refractivity contribution in [2.45, 2.75) is 38.6 Å². The Bertz CT molecular complexity index is 408. The molecule has 7 heteroatoms. The molecule has 0 aliphatic carbocycles. The molecule has 106 valence electrons. The fourth-order valence-corrected chi connectivity index (χ4v) is 2.26. The van der Waals surface area contributed by atoms with Gasteiger partial charge in [-0.05, 0) is 6.42 Å². The van der Waals surface area contributed by atoms with Gasteiger partial charge in [-0.25, -0.2) is 14.6 Å². The third-order valence-corrected chi connectivity index (χ3v) is 3.63. The van der Waals surface area contributed by atoms with Crippen LogP contribution in [-0.4, -0.2) is 34.7 Å². The number of carboxylic acids is 1. The molecular weight excluding hydrogens is 266 g/mol. The average Bonchev–Trinajstić information content (AvgIpc) is 2.89. The Labute approximate surface area is 116 Å². The maximum Gasteiger partial charge on any atom is 0.326 e. The Morgan fingerprint density at radius 3 is 2.79 bits per heavy atom. The minimum atomic E-state index is -1.01. The molecule has 1 heterocycles.